The fourth-order valence-corrected chi connectivity index (χ4v) is 5.34. The van der Waals surface area contributed by atoms with Gasteiger partial charge in [0.1, 0.15) is 0 Å². The molecule has 174 valence electrons. The van der Waals surface area contributed by atoms with E-state index < -0.39 is 0 Å². The maximum absolute atomic E-state index is 13.3. The number of amides is 2. The highest BCUT2D eigenvalue weighted by atomic mass is 35.5. The van der Waals surface area contributed by atoms with E-state index in [4.69, 9.17) is 16.7 Å². The highest BCUT2D eigenvalue weighted by molar-refractivity contribution is 7.12. The van der Waals surface area contributed by atoms with E-state index >= 15 is 0 Å². The van der Waals surface area contributed by atoms with Crippen molar-refractivity contribution in [2.45, 2.75) is 39.8 Å². The van der Waals surface area contributed by atoms with Crippen LogP contribution in [0.5, 0.6) is 0 Å². The van der Waals surface area contributed by atoms with Crippen LogP contribution in [0.1, 0.15) is 45.0 Å². The van der Waals surface area contributed by atoms with Gasteiger partial charge in [-0.25, -0.2) is 0 Å². The predicted octanol–water partition coefficient (Wildman–Crippen LogP) is 4.77. The summed E-state index contributed by atoms with van der Waals surface area (Å²) in [5.74, 6) is -0.0690. The van der Waals surface area contributed by atoms with Gasteiger partial charge in [-0.3, -0.25) is 14.3 Å². The molecule has 3 aromatic rings. The molecule has 0 bridgehead atoms. The van der Waals surface area contributed by atoms with Crippen molar-refractivity contribution in [3.05, 3.63) is 74.2 Å². The molecule has 0 radical (unpaired) electrons. The maximum atomic E-state index is 13.3. The van der Waals surface area contributed by atoms with E-state index in [1.807, 2.05) is 72.3 Å². The van der Waals surface area contributed by atoms with Crippen LogP contribution in [0.2, 0.25) is 5.02 Å². The van der Waals surface area contributed by atoms with Crippen molar-refractivity contribution in [1.29, 1.82) is 0 Å². The SMILES string of the molecule is Cc1nn(Cc2ccccc2Cl)c(C)c1CN(C)C(=O)C1CCCN(C(=O)c2cccs2)C1. The van der Waals surface area contributed by atoms with E-state index in [-0.39, 0.29) is 17.7 Å². The molecule has 3 heterocycles. The van der Waals surface area contributed by atoms with E-state index in [2.05, 4.69) is 0 Å². The second-order valence-electron chi connectivity index (χ2n) is 8.66. The number of carbonyl (C=O) groups is 2. The van der Waals surface area contributed by atoms with Gasteiger partial charge in [0, 0.05) is 43.0 Å². The fourth-order valence-electron chi connectivity index (χ4n) is 4.45. The normalized spacial score (nSPS) is 16.1. The molecule has 8 heteroatoms. The fraction of sp³-hybridized carbons (Fsp3) is 0.400. The zero-order valence-electron chi connectivity index (χ0n) is 19.3. The number of hydrogen-bond acceptors (Lipinski definition) is 4. The van der Waals surface area contributed by atoms with Gasteiger partial charge in [0.15, 0.2) is 0 Å². The first kappa shape index (κ1) is 23.5. The minimum absolute atomic E-state index is 0.0256. The highest BCUT2D eigenvalue weighted by Crippen LogP contribution is 2.24. The number of hydrogen-bond donors (Lipinski definition) is 0. The Labute approximate surface area is 203 Å². The molecule has 0 N–H and O–H groups in total. The molecule has 1 unspecified atom stereocenters. The van der Waals surface area contributed by atoms with Crippen LogP contribution < -0.4 is 0 Å². The standard InChI is InChI=1S/C25H29ClN4O2S/c1-17-21(18(2)30(27-17)15-19-8-4-5-10-22(19)26)16-28(3)24(31)20-9-6-12-29(14-20)25(32)23-11-7-13-33-23/h4-5,7-8,10-11,13,20H,6,9,12,14-16H2,1-3H3. The first-order chi connectivity index (χ1) is 15.8. The maximum Gasteiger partial charge on any atom is 0.263 e. The van der Waals surface area contributed by atoms with E-state index in [9.17, 15) is 9.59 Å². The molecular formula is C25H29ClN4O2S. The summed E-state index contributed by atoms with van der Waals surface area (Å²) in [7, 11) is 1.84. The molecule has 2 amide bonds. The zero-order valence-corrected chi connectivity index (χ0v) is 20.8. The lowest BCUT2D eigenvalue weighted by atomic mass is 9.96. The third kappa shape index (κ3) is 5.14. The zero-order chi connectivity index (χ0) is 23.5. The Bertz CT molecular complexity index is 1140. The molecular weight excluding hydrogens is 456 g/mol. The van der Waals surface area contributed by atoms with Crippen molar-refractivity contribution in [2.75, 3.05) is 20.1 Å². The number of nitrogens with zero attached hydrogens (tertiary/aromatic N) is 4. The van der Waals surface area contributed by atoms with Crippen molar-refractivity contribution in [1.82, 2.24) is 19.6 Å². The monoisotopic (exact) mass is 484 g/mol. The summed E-state index contributed by atoms with van der Waals surface area (Å²) in [4.78, 5) is 30.3. The van der Waals surface area contributed by atoms with Crippen LogP contribution in [0.15, 0.2) is 41.8 Å². The quantitative estimate of drug-likeness (QED) is 0.506. The van der Waals surface area contributed by atoms with Crippen LogP contribution in [0.3, 0.4) is 0 Å². The summed E-state index contributed by atoms with van der Waals surface area (Å²) < 4.78 is 1.95. The van der Waals surface area contributed by atoms with Gasteiger partial charge in [-0.1, -0.05) is 35.9 Å². The number of piperidine rings is 1. The van der Waals surface area contributed by atoms with Gasteiger partial charge in [-0.15, -0.1) is 11.3 Å². The molecule has 4 rings (SSSR count). The van der Waals surface area contributed by atoms with Crippen molar-refractivity contribution >= 4 is 34.8 Å². The molecule has 1 aliphatic heterocycles. The Balaban J connectivity index is 1.43. The van der Waals surface area contributed by atoms with Gasteiger partial charge < -0.3 is 9.80 Å². The Morgan fingerprint density at radius 3 is 2.73 bits per heavy atom. The summed E-state index contributed by atoms with van der Waals surface area (Å²) in [6, 6.07) is 11.5. The third-order valence-electron chi connectivity index (χ3n) is 6.37. The number of aryl methyl sites for hydroxylation is 1. The number of rotatable bonds is 6. The first-order valence-corrected chi connectivity index (χ1v) is 12.4. The second-order valence-corrected chi connectivity index (χ2v) is 10.0. The van der Waals surface area contributed by atoms with Crippen LogP contribution in [0, 0.1) is 19.8 Å². The number of halogens is 1. The molecule has 0 saturated carbocycles. The van der Waals surface area contributed by atoms with Crippen LogP contribution in [0.25, 0.3) is 0 Å². The van der Waals surface area contributed by atoms with E-state index in [1.54, 1.807) is 4.90 Å². The van der Waals surface area contributed by atoms with Gasteiger partial charge >= 0.3 is 0 Å². The number of likely N-dealkylation sites (tertiary alicyclic amines) is 1. The number of carbonyl (C=O) groups excluding carboxylic acids is 2. The van der Waals surface area contributed by atoms with Crippen molar-refractivity contribution in [3.8, 4) is 0 Å². The summed E-state index contributed by atoms with van der Waals surface area (Å²) in [6.07, 6.45) is 1.65. The molecule has 0 spiro atoms. The van der Waals surface area contributed by atoms with Gasteiger partial charge in [0.25, 0.3) is 5.91 Å². The molecule has 1 aromatic carbocycles. The van der Waals surface area contributed by atoms with Crippen molar-refractivity contribution < 1.29 is 9.59 Å². The molecule has 1 aliphatic rings. The Morgan fingerprint density at radius 2 is 2.00 bits per heavy atom. The molecule has 33 heavy (non-hydrogen) atoms. The largest absolute Gasteiger partial charge is 0.341 e. The topological polar surface area (TPSA) is 58.4 Å². The Kier molecular flexibility index (Phi) is 7.20. The molecule has 1 atom stereocenters. The summed E-state index contributed by atoms with van der Waals surface area (Å²) in [6.45, 7) is 6.28. The molecule has 0 aliphatic carbocycles. The predicted molar refractivity (Wildman–Crippen MR) is 132 cm³/mol. The van der Waals surface area contributed by atoms with E-state index in [0.717, 1.165) is 45.3 Å². The minimum atomic E-state index is -0.175. The molecule has 1 saturated heterocycles. The summed E-state index contributed by atoms with van der Waals surface area (Å²) in [5, 5.41) is 7.33. The second kappa shape index (κ2) is 10.1. The van der Waals surface area contributed by atoms with Crippen LogP contribution in [-0.2, 0) is 17.9 Å². The first-order valence-electron chi connectivity index (χ1n) is 11.2. The van der Waals surface area contributed by atoms with Crippen molar-refractivity contribution in [2.24, 2.45) is 5.92 Å². The summed E-state index contributed by atoms with van der Waals surface area (Å²) >= 11 is 7.78. The van der Waals surface area contributed by atoms with E-state index in [1.165, 1.54) is 11.3 Å². The molecule has 1 fully saturated rings. The Hall–Kier alpha value is -2.64. The van der Waals surface area contributed by atoms with E-state index in [0.29, 0.717) is 26.2 Å². The lowest BCUT2D eigenvalue weighted by Gasteiger charge is -2.33. The Morgan fingerprint density at radius 1 is 1.21 bits per heavy atom. The molecule has 2 aromatic heterocycles. The van der Waals surface area contributed by atoms with Gasteiger partial charge in [-0.2, -0.15) is 5.10 Å². The van der Waals surface area contributed by atoms with Gasteiger partial charge in [0.05, 0.1) is 23.0 Å². The van der Waals surface area contributed by atoms with Gasteiger partial charge in [0.2, 0.25) is 5.91 Å². The van der Waals surface area contributed by atoms with Crippen molar-refractivity contribution in [3.63, 3.8) is 0 Å². The van der Waals surface area contributed by atoms with Crippen LogP contribution in [-0.4, -0.2) is 51.5 Å². The van der Waals surface area contributed by atoms with Crippen LogP contribution in [0.4, 0.5) is 0 Å². The number of benzene rings is 1. The highest BCUT2D eigenvalue weighted by Gasteiger charge is 2.31. The lowest BCUT2D eigenvalue weighted by Crippen LogP contribution is -2.45. The number of aromatic nitrogens is 2. The molecule has 6 nitrogen and oxygen atoms in total. The third-order valence-corrected chi connectivity index (χ3v) is 7.60. The minimum Gasteiger partial charge on any atom is -0.341 e. The average molecular weight is 485 g/mol. The van der Waals surface area contributed by atoms with Gasteiger partial charge in [-0.05, 0) is 49.8 Å². The average Bonchev–Trinajstić information content (AvgIpc) is 3.44. The summed E-state index contributed by atoms with van der Waals surface area (Å²) in [5.41, 5.74) is 4.02. The number of thiophene rings is 1. The lowest BCUT2D eigenvalue weighted by molar-refractivity contribution is -0.136. The van der Waals surface area contributed by atoms with Crippen LogP contribution >= 0.6 is 22.9 Å². The smallest absolute Gasteiger partial charge is 0.263 e.